The van der Waals surface area contributed by atoms with Crippen LogP contribution in [0.15, 0.2) is 51.7 Å². The second-order valence-corrected chi connectivity index (χ2v) is 6.84. The maximum absolute atomic E-state index is 13.0. The molecule has 0 unspecified atom stereocenters. The lowest BCUT2D eigenvalue weighted by Gasteiger charge is -2.33. The highest BCUT2D eigenvalue weighted by molar-refractivity contribution is 5.96. The van der Waals surface area contributed by atoms with E-state index in [9.17, 15) is 14.0 Å². The molecule has 1 amide bonds. The van der Waals surface area contributed by atoms with Crippen LogP contribution in [0, 0.1) is 11.7 Å². The van der Waals surface area contributed by atoms with Crippen LogP contribution in [0.5, 0.6) is 0 Å². The Balaban J connectivity index is 1.30. The summed E-state index contributed by atoms with van der Waals surface area (Å²) in [5.41, 5.74) is 2.44. The van der Waals surface area contributed by atoms with Gasteiger partial charge >= 0.3 is 5.76 Å². The first kappa shape index (κ1) is 17.3. The molecular formula is C20H20FN3O3. The first-order valence-corrected chi connectivity index (χ1v) is 9.00. The number of nitrogens with one attached hydrogen (secondary N) is 2. The van der Waals surface area contributed by atoms with Crippen molar-refractivity contribution in [2.75, 3.05) is 24.5 Å². The fourth-order valence-electron chi connectivity index (χ4n) is 3.47. The number of nitrogens with zero attached hydrogens (tertiary/aromatic N) is 1. The van der Waals surface area contributed by atoms with Gasteiger partial charge < -0.3 is 14.6 Å². The number of anilines is 1. The zero-order valence-corrected chi connectivity index (χ0v) is 14.7. The van der Waals surface area contributed by atoms with Crippen molar-refractivity contribution >= 4 is 22.7 Å². The van der Waals surface area contributed by atoms with E-state index >= 15 is 0 Å². The number of rotatable bonds is 4. The van der Waals surface area contributed by atoms with Gasteiger partial charge in [0.2, 0.25) is 0 Å². The first-order chi connectivity index (χ1) is 13.1. The number of aromatic nitrogens is 1. The predicted octanol–water partition coefficient (Wildman–Crippen LogP) is 2.91. The van der Waals surface area contributed by atoms with Crippen molar-refractivity contribution in [3.05, 3.63) is 64.4 Å². The van der Waals surface area contributed by atoms with E-state index in [4.69, 9.17) is 4.42 Å². The van der Waals surface area contributed by atoms with E-state index in [1.807, 2.05) is 0 Å². The van der Waals surface area contributed by atoms with Crippen LogP contribution in [-0.2, 0) is 0 Å². The van der Waals surface area contributed by atoms with Gasteiger partial charge in [0.15, 0.2) is 5.58 Å². The predicted molar refractivity (Wildman–Crippen MR) is 101 cm³/mol. The van der Waals surface area contributed by atoms with Gasteiger partial charge in [0, 0.05) is 30.9 Å². The van der Waals surface area contributed by atoms with Gasteiger partial charge in [-0.3, -0.25) is 9.78 Å². The topological polar surface area (TPSA) is 78.3 Å². The average molecular weight is 369 g/mol. The molecule has 1 saturated heterocycles. The van der Waals surface area contributed by atoms with Gasteiger partial charge in [0.1, 0.15) is 5.82 Å². The fourth-order valence-corrected chi connectivity index (χ4v) is 3.47. The largest absolute Gasteiger partial charge is 0.417 e. The third-order valence-electron chi connectivity index (χ3n) is 5.04. The molecule has 1 aliphatic rings. The molecule has 0 bridgehead atoms. The second-order valence-electron chi connectivity index (χ2n) is 6.84. The van der Waals surface area contributed by atoms with Crippen LogP contribution in [0.3, 0.4) is 0 Å². The molecule has 27 heavy (non-hydrogen) atoms. The lowest BCUT2D eigenvalue weighted by atomic mass is 9.96. The molecule has 1 fully saturated rings. The van der Waals surface area contributed by atoms with Crippen molar-refractivity contribution in [1.82, 2.24) is 10.3 Å². The van der Waals surface area contributed by atoms with Gasteiger partial charge in [0.05, 0.1) is 5.52 Å². The molecule has 2 N–H and O–H groups in total. The molecule has 0 radical (unpaired) electrons. The van der Waals surface area contributed by atoms with Gasteiger partial charge in [-0.25, -0.2) is 9.18 Å². The van der Waals surface area contributed by atoms with Crippen LogP contribution >= 0.6 is 0 Å². The second kappa shape index (κ2) is 7.26. The molecule has 2 aromatic carbocycles. The van der Waals surface area contributed by atoms with Gasteiger partial charge in [-0.15, -0.1) is 0 Å². The monoisotopic (exact) mass is 369 g/mol. The summed E-state index contributed by atoms with van der Waals surface area (Å²) in [6, 6.07) is 11.5. The Bertz CT molecular complexity index is 1000. The van der Waals surface area contributed by atoms with E-state index < -0.39 is 5.76 Å². The quantitative estimate of drug-likeness (QED) is 0.741. The number of benzene rings is 2. The number of aromatic amines is 1. The number of amides is 1. The standard InChI is InChI=1S/C20H20FN3O3/c21-15-2-4-16(5-3-15)24-9-7-13(8-10-24)12-22-19(25)14-1-6-17-18(11-14)27-20(26)23-17/h1-6,11,13H,7-10,12H2,(H,22,25)(H,23,26). The van der Waals surface area contributed by atoms with E-state index in [0.29, 0.717) is 29.1 Å². The Morgan fingerprint density at radius 1 is 1.19 bits per heavy atom. The number of halogens is 1. The molecular weight excluding hydrogens is 349 g/mol. The number of carbonyl (C=O) groups is 1. The highest BCUT2D eigenvalue weighted by Crippen LogP contribution is 2.23. The number of hydrogen-bond acceptors (Lipinski definition) is 4. The summed E-state index contributed by atoms with van der Waals surface area (Å²) in [6.45, 7) is 2.37. The van der Waals surface area contributed by atoms with Crippen LogP contribution in [0.1, 0.15) is 23.2 Å². The van der Waals surface area contributed by atoms with Crippen LogP contribution in [0.25, 0.3) is 11.1 Å². The Morgan fingerprint density at radius 2 is 1.93 bits per heavy atom. The van der Waals surface area contributed by atoms with E-state index in [1.165, 1.54) is 12.1 Å². The van der Waals surface area contributed by atoms with Gasteiger partial charge in [-0.2, -0.15) is 0 Å². The molecule has 0 spiro atoms. The van der Waals surface area contributed by atoms with E-state index in [2.05, 4.69) is 15.2 Å². The Morgan fingerprint density at radius 3 is 2.67 bits per heavy atom. The lowest BCUT2D eigenvalue weighted by Crippen LogP contribution is -2.38. The van der Waals surface area contributed by atoms with Gasteiger partial charge in [0.25, 0.3) is 5.91 Å². The highest BCUT2D eigenvalue weighted by Gasteiger charge is 2.20. The molecule has 1 aliphatic heterocycles. The molecule has 0 aliphatic carbocycles. The van der Waals surface area contributed by atoms with E-state index in [0.717, 1.165) is 31.6 Å². The maximum Gasteiger partial charge on any atom is 0.417 e. The summed E-state index contributed by atoms with van der Waals surface area (Å²) in [5.74, 6) is -0.537. The third kappa shape index (κ3) is 3.86. The maximum atomic E-state index is 13.0. The summed E-state index contributed by atoms with van der Waals surface area (Å²) in [4.78, 5) is 28.4. The number of H-pyrrole nitrogens is 1. The van der Waals surface area contributed by atoms with Crippen molar-refractivity contribution in [3.8, 4) is 0 Å². The molecule has 1 aromatic heterocycles. The smallest absolute Gasteiger partial charge is 0.408 e. The summed E-state index contributed by atoms with van der Waals surface area (Å²) in [5, 5.41) is 2.97. The molecule has 6 nitrogen and oxygen atoms in total. The number of hydrogen-bond donors (Lipinski definition) is 2. The number of carbonyl (C=O) groups excluding carboxylic acids is 1. The van der Waals surface area contributed by atoms with Gasteiger partial charge in [-0.05, 0) is 61.2 Å². The van der Waals surface area contributed by atoms with Gasteiger partial charge in [-0.1, -0.05) is 0 Å². The summed E-state index contributed by atoms with van der Waals surface area (Å²) < 4.78 is 18.0. The molecule has 3 aromatic rings. The average Bonchev–Trinajstić information content (AvgIpc) is 3.06. The van der Waals surface area contributed by atoms with Crippen LogP contribution in [0.2, 0.25) is 0 Å². The first-order valence-electron chi connectivity index (χ1n) is 9.00. The molecule has 140 valence electrons. The minimum absolute atomic E-state index is 0.179. The fraction of sp³-hybridized carbons (Fsp3) is 0.300. The minimum atomic E-state index is -0.532. The van der Waals surface area contributed by atoms with Crippen LogP contribution < -0.4 is 16.0 Å². The zero-order chi connectivity index (χ0) is 18.8. The summed E-state index contributed by atoms with van der Waals surface area (Å²) in [6.07, 6.45) is 1.92. The molecule has 7 heteroatoms. The Hall–Kier alpha value is -3.09. The molecule has 4 rings (SSSR count). The summed E-state index contributed by atoms with van der Waals surface area (Å²) in [7, 11) is 0. The number of oxazole rings is 1. The van der Waals surface area contributed by atoms with Crippen molar-refractivity contribution in [2.45, 2.75) is 12.8 Å². The zero-order valence-electron chi connectivity index (χ0n) is 14.7. The van der Waals surface area contributed by atoms with Crippen molar-refractivity contribution in [2.24, 2.45) is 5.92 Å². The van der Waals surface area contributed by atoms with Crippen LogP contribution in [-0.4, -0.2) is 30.5 Å². The van der Waals surface area contributed by atoms with Crippen LogP contribution in [0.4, 0.5) is 10.1 Å². The highest BCUT2D eigenvalue weighted by atomic mass is 19.1. The Kier molecular flexibility index (Phi) is 4.66. The van der Waals surface area contributed by atoms with E-state index in [1.54, 1.807) is 30.3 Å². The summed E-state index contributed by atoms with van der Waals surface area (Å²) >= 11 is 0. The lowest BCUT2D eigenvalue weighted by molar-refractivity contribution is 0.0945. The van der Waals surface area contributed by atoms with E-state index in [-0.39, 0.29) is 11.7 Å². The van der Waals surface area contributed by atoms with Crippen molar-refractivity contribution in [1.29, 1.82) is 0 Å². The number of fused-ring (bicyclic) bond motifs is 1. The minimum Gasteiger partial charge on any atom is -0.408 e. The SMILES string of the molecule is O=C(NCC1CCN(c2ccc(F)cc2)CC1)c1ccc2[nH]c(=O)oc2c1. The molecule has 0 saturated carbocycles. The Labute approximate surface area is 155 Å². The molecule has 2 heterocycles. The third-order valence-corrected chi connectivity index (χ3v) is 5.04. The normalized spacial score (nSPS) is 15.2. The number of piperidine rings is 1. The van der Waals surface area contributed by atoms with Crippen molar-refractivity contribution in [3.63, 3.8) is 0 Å². The molecule has 0 atom stereocenters. The van der Waals surface area contributed by atoms with Crippen molar-refractivity contribution < 1.29 is 13.6 Å².